The second kappa shape index (κ2) is 5.48. The van der Waals surface area contributed by atoms with Crippen molar-refractivity contribution in [3.63, 3.8) is 0 Å². The van der Waals surface area contributed by atoms with Gasteiger partial charge in [0.1, 0.15) is 18.1 Å². The summed E-state index contributed by atoms with van der Waals surface area (Å²) in [4.78, 5) is 11.9. The van der Waals surface area contributed by atoms with Gasteiger partial charge in [-0.2, -0.15) is 0 Å². The van der Waals surface area contributed by atoms with Crippen LogP contribution < -0.4 is 10.5 Å². The van der Waals surface area contributed by atoms with Gasteiger partial charge in [-0.15, -0.1) is 0 Å². The van der Waals surface area contributed by atoms with Crippen LogP contribution in [0.2, 0.25) is 0 Å². The van der Waals surface area contributed by atoms with E-state index in [9.17, 15) is 4.79 Å². The number of hydrogen-bond acceptors (Lipinski definition) is 4. The van der Waals surface area contributed by atoms with Gasteiger partial charge in [0.2, 0.25) is 0 Å². The summed E-state index contributed by atoms with van der Waals surface area (Å²) < 4.78 is 12.1. The Labute approximate surface area is 111 Å². The number of carbonyl (C=O) groups is 1. The predicted octanol–water partition coefficient (Wildman–Crippen LogP) is 1.97. The molecule has 1 heterocycles. The molecule has 2 N–H and O–H groups in total. The molecule has 0 aliphatic heterocycles. The van der Waals surface area contributed by atoms with E-state index >= 15 is 0 Å². The van der Waals surface area contributed by atoms with Crippen LogP contribution >= 0.6 is 0 Å². The molecule has 0 unspecified atom stereocenters. The van der Waals surface area contributed by atoms with Crippen LogP contribution in [0.15, 0.2) is 36.5 Å². The average Bonchev–Trinajstić information content (AvgIpc) is 2.75. The molecule has 2 rings (SSSR count). The first-order valence-corrected chi connectivity index (χ1v) is 5.82. The number of para-hydroxylation sites is 1. The molecule has 0 amide bonds. The van der Waals surface area contributed by atoms with E-state index in [1.165, 1.54) is 0 Å². The topological polar surface area (TPSA) is 66.5 Å². The van der Waals surface area contributed by atoms with Crippen LogP contribution in [0.1, 0.15) is 16.1 Å². The van der Waals surface area contributed by atoms with E-state index in [1.54, 1.807) is 31.0 Å². The fourth-order valence-electron chi connectivity index (χ4n) is 1.83. The summed E-state index contributed by atoms with van der Waals surface area (Å²) in [5, 5.41) is 0. The molecule has 0 atom stereocenters. The van der Waals surface area contributed by atoms with E-state index in [0.29, 0.717) is 17.1 Å². The molecule has 1 aromatic carbocycles. The van der Waals surface area contributed by atoms with Gasteiger partial charge >= 0.3 is 5.97 Å². The quantitative estimate of drug-likeness (QED) is 0.853. The van der Waals surface area contributed by atoms with E-state index < -0.39 is 5.97 Å². The lowest BCUT2D eigenvalue weighted by Crippen LogP contribution is -2.09. The summed E-state index contributed by atoms with van der Waals surface area (Å²) in [6.45, 7) is 0.161. The molecule has 0 aliphatic rings. The van der Waals surface area contributed by atoms with Gasteiger partial charge in [-0.05, 0) is 12.1 Å². The van der Waals surface area contributed by atoms with E-state index in [0.717, 1.165) is 5.56 Å². The number of nitrogen functional groups attached to an aromatic ring is 1. The van der Waals surface area contributed by atoms with Crippen molar-refractivity contribution in [1.29, 1.82) is 0 Å². The largest absolute Gasteiger partial charge is 0.496 e. The molecule has 0 spiro atoms. The monoisotopic (exact) mass is 260 g/mol. The van der Waals surface area contributed by atoms with Crippen LogP contribution in [0.4, 0.5) is 5.69 Å². The number of nitrogens with zero attached hydrogens (tertiary/aromatic N) is 1. The first kappa shape index (κ1) is 13.0. The minimum Gasteiger partial charge on any atom is -0.496 e. The molecular weight excluding hydrogens is 244 g/mol. The summed E-state index contributed by atoms with van der Waals surface area (Å²) in [5.41, 5.74) is 7.40. The number of carbonyl (C=O) groups excluding carboxylic acids is 1. The highest BCUT2D eigenvalue weighted by molar-refractivity contribution is 5.89. The first-order valence-electron chi connectivity index (χ1n) is 5.82. The summed E-state index contributed by atoms with van der Waals surface area (Å²) in [5.74, 6) is 0.284. The summed E-state index contributed by atoms with van der Waals surface area (Å²) in [6.07, 6.45) is 1.67. The van der Waals surface area contributed by atoms with Gasteiger partial charge in [0, 0.05) is 18.8 Å². The normalized spacial score (nSPS) is 10.2. The fourth-order valence-corrected chi connectivity index (χ4v) is 1.83. The Kier molecular flexibility index (Phi) is 3.75. The zero-order valence-corrected chi connectivity index (χ0v) is 10.9. The first-order chi connectivity index (χ1) is 9.11. The number of esters is 1. The standard InChI is InChI=1S/C14H16N2O3/c1-16-8-11(15)7-12(16)14(17)19-9-10-5-3-4-6-13(10)18-2/h3-8H,9,15H2,1-2H3. The van der Waals surface area contributed by atoms with Gasteiger partial charge < -0.3 is 19.8 Å². The van der Waals surface area contributed by atoms with E-state index in [-0.39, 0.29) is 6.61 Å². The molecule has 0 fully saturated rings. The summed E-state index contributed by atoms with van der Waals surface area (Å²) >= 11 is 0. The molecule has 0 saturated carbocycles. The van der Waals surface area contributed by atoms with Crippen LogP contribution in [-0.4, -0.2) is 17.6 Å². The van der Waals surface area contributed by atoms with Crippen LogP contribution in [0.25, 0.3) is 0 Å². The summed E-state index contributed by atoms with van der Waals surface area (Å²) in [6, 6.07) is 8.99. The maximum Gasteiger partial charge on any atom is 0.355 e. The Balaban J connectivity index is 2.06. The lowest BCUT2D eigenvalue weighted by Gasteiger charge is -2.09. The van der Waals surface area contributed by atoms with Crippen LogP contribution in [0, 0.1) is 0 Å². The van der Waals surface area contributed by atoms with Crippen LogP contribution in [-0.2, 0) is 18.4 Å². The number of rotatable bonds is 4. The third-order valence-electron chi connectivity index (χ3n) is 2.79. The highest BCUT2D eigenvalue weighted by Gasteiger charge is 2.13. The second-order valence-electron chi connectivity index (χ2n) is 4.16. The van der Waals surface area contributed by atoms with Gasteiger partial charge in [0.05, 0.1) is 12.8 Å². The van der Waals surface area contributed by atoms with Gasteiger partial charge in [-0.1, -0.05) is 18.2 Å². The van der Waals surface area contributed by atoms with E-state index in [1.807, 2.05) is 24.3 Å². The molecule has 100 valence electrons. The van der Waals surface area contributed by atoms with Crippen molar-refractivity contribution in [2.45, 2.75) is 6.61 Å². The number of ether oxygens (including phenoxy) is 2. The molecule has 5 heteroatoms. The minimum atomic E-state index is -0.412. The fraction of sp³-hybridized carbons (Fsp3) is 0.214. The molecule has 0 aliphatic carbocycles. The third kappa shape index (κ3) is 2.88. The van der Waals surface area contributed by atoms with Crippen LogP contribution in [0.5, 0.6) is 5.75 Å². The third-order valence-corrected chi connectivity index (χ3v) is 2.79. The SMILES string of the molecule is COc1ccccc1COC(=O)c1cc(N)cn1C. The Bertz CT molecular complexity index is 590. The molecule has 1 aromatic heterocycles. The zero-order chi connectivity index (χ0) is 13.8. The van der Waals surface area contributed by atoms with E-state index in [4.69, 9.17) is 15.2 Å². The van der Waals surface area contributed by atoms with Gasteiger partial charge in [-0.25, -0.2) is 4.79 Å². The number of aryl methyl sites for hydroxylation is 1. The highest BCUT2D eigenvalue weighted by Crippen LogP contribution is 2.19. The molecule has 2 aromatic rings. The average molecular weight is 260 g/mol. The number of aromatic nitrogens is 1. The number of hydrogen-bond donors (Lipinski definition) is 1. The Morgan fingerprint density at radius 3 is 2.74 bits per heavy atom. The Hall–Kier alpha value is -2.43. The van der Waals surface area contributed by atoms with E-state index in [2.05, 4.69) is 0 Å². The molecular formula is C14H16N2O3. The molecule has 0 radical (unpaired) electrons. The van der Waals surface area contributed by atoms with Crippen molar-refractivity contribution >= 4 is 11.7 Å². The second-order valence-corrected chi connectivity index (χ2v) is 4.16. The maximum atomic E-state index is 11.9. The van der Waals surface area contributed by atoms with Crippen molar-refractivity contribution in [2.24, 2.45) is 7.05 Å². The number of anilines is 1. The van der Waals surface area contributed by atoms with Gasteiger partial charge in [0.25, 0.3) is 0 Å². The molecule has 0 saturated heterocycles. The highest BCUT2D eigenvalue weighted by atomic mass is 16.5. The lowest BCUT2D eigenvalue weighted by atomic mass is 10.2. The van der Waals surface area contributed by atoms with Crippen molar-refractivity contribution in [2.75, 3.05) is 12.8 Å². The van der Waals surface area contributed by atoms with Crippen molar-refractivity contribution in [3.8, 4) is 5.75 Å². The Morgan fingerprint density at radius 2 is 2.11 bits per heavy atom. The molecule has 0 bridgehead atoms. The van der Waals surface area contributed by atoms with Crippen molar-refractivity contribution in [1.82, 2.24) is 4.57 Å². The van der Waals surface area contributed by atoms with Gasteiger partial charge in [0.15, 0.2) is 0 Å². The van der Waals surface area contributed by atoms with Crippen LogP contribution in [0.3, 0.4) is 0 Å². The number of benzene rings is 1. The predicted molar refractivity (Wildman–Crippen MR) is 71.9 cm³/mol. The van der Waals surface area contributed by atoms with Crippen molar-refractivity contribution in [3.05, 3.63) is 47.8 Å². The van der Waals surface area contributed by atoms with Gasteiger partial charge in [-0.3, -0.25) is 0 Å². The number of methoxy groups -OCH3 is 1. The smallest absolute Gasteiger partial charge is 0.355 e. The Morgan fingerprint density at radius 1 is 1.37 bits per heavy atom. The minimum absolute atomic E-state index is 0.161. The van der Waals surface area contributed by atoms with Crippen molar-refractivity contribution < 1.29 is 14.3 Å². The molecule has 19 heavy (non-hydrogen) atoms. The molecule has 5 nitrogen and oxygen atoms in total. The lowest BCUT2D eigenvalue weighted by molar-refractivity contribution is 0.0459. The zero-order valence-electron chi connectivity index (χ0n) is 10.9. The maximum absolute atomic E-state index is 11.9. The number of nitrogens with two attached hydrogens (primary N) is 1. The summed E-state index contributed by atoms with van der Waals surface area (Å²) in [7, 11) is 3.33.